The van der Waals surface area contributed by atoms with Crippen LogP contribution in [-0.2, 0) is 16.8 Å². The van der Waals surface area contributed by atoms with Crippen LogP contribution in [0.25, 0.3) is 0 Å². The maximum Gasteiger partial charge on any atom is 0.261 e. The zero-order valence-electron chi connectivity index (χ0n) is 10.7. The molecule has 0 aromatic heterocycles. The van der Waals surface area contributed by atoms with Gasteiger partial charge in [-0.25, -0.2) is 0 Å². The van der Waals surface area contributed by atoms with Crippen molar-refractivity contribution in [3.05, 3.63) is 65.2 Å². The van der Waals surface area contributed by atoms with Gasteiger partial charge in [0.2, 0.25) is 0 Å². The Morgan fingerprint density at radius 3 is 2.63 bits per heavy atom. The fourth-order valence-electron chi connectivity index (χ4n) is 2.52. The van der Waals surface area contributed by atoms with Gasteiger partial charge in [-0.2, -0.15) is 0 Å². The smallest absolute Gasteiger partial charge is 0.261 e. The van der Waals surface area contributed by atoms with Crippen LogP contribution >= 0.6 is 0 Å². The van der Waals surface area contributed by atoms with Crippen LogP contribution in [0.5, 0.6) is 0 Å². The summed E-state index contributed by atoms with van der Waals surface area (Å²) in [6.45, 7) is 2.00. The number of hydrogen-bond acceptors (Lipinski definition) is 2. The SMILES string of the molecule is Cc1ccc2c(c1)C[C@](O)(c1ccccc1)C(=O)N2. The minimum absolute atomic E-state index is 0.305. The first-order valence-electron chi connectivity index (χ1n) is 6.28. The molecule has 3 heteroatoms. The normalized spacial score (nSPS) is 21.7. The predicted octanol–water partition coefficient (Wildman–Crippen LogP) is 2.38. The minimum atomic E-state index is -1.48. The second kappa shape index (κ2) is 4.21. The summed E-state index contributed by atoms with van der Waals surface area (Å²) in [5.41, 5.74) is 2.01. The largest absolute Gasteiger partial charge is 0.375 e. The maximum absolute atomic E-state index is 12.2. The molecule has 0 aliphatic carbocycles. The summed E-state index contributed by atoms with van der Waals surface area (Å²) in [4.78, 5) is 12.2. The van der Waals surface area contributed by atoms with Crippen molar-refractivity contribution in [2.75, 3.05) is 5.32 Å². The fraction of sp³-hybridized carbons (Fsp3) is 0.188. The molecule has 0 saturated heterocycles. The van der Waals surface area contributed by atoms with E-state index in [0.717, 1.165) is 16.8 Å². The summed E-state index contributed by atoms with van der Waals surface area (Å²) >= 11 is 0. The van der Waals surface area contributed by atoms with Gasteiger partial charge in [-0.1, -0.05) is 48.0 Å². The zero-order valence-corrected chi connectivity index (χ0v) is 10.7. The molecule has 3 nitrogen and oxygen atoms in total. The molecule has 0 spiro atoms. The van der Waals surface area contributed by atoms with E-state index < -0.39 is 5.60 Å². The van der Waals surface area contributed by atoms with E-state index in [1.807, 2.05) is 43.3 Å². The van der Waals surface area contributed by atoms with Crippen LogP contribution in [0, 0.1) is 6.92 Å². The van der Waals surface area contributed by atoms with E-state index in [0.29, 0.717) is 12.0 Å². The van der Waals surface area contributed by atoms with Crippen LogP contribution in [0.15, 0.2) is 48.5 Å². The van der Waals surface area contributed by atoms with Gasteiger partial charge in [0, 0.05) is 12.1 Å². The first-order valence-corrected chi connectivity index (χ1v) is 6.28. The van der Waals surface area contributed by atoms with Gasteiger partial charge >= 0.3 is 0 Å². The molecule has 1 aliphatic heterocycles. The summed E-state index contributed by atoms with van der Waals surface area (Å²) in [6.07, 6.45) is 0.305. The molecular formula is C16H15NO2. The quantitative estimate of drug-likeness (QED) is 0.819. The van der Waals surface area contributed by atoms with Crippen LogP contribution in [-0.4, -0.2) is 11.0 Å². The van der Waals surface area contributed by atoms with Crippen LogP contribution in [0.3, 0.4) is 0 Å². The van der Waals surface area contributed by atoms with Crippen LogP contribution < -0.4 is 5.32 Å². The van der Waals surface area contributed by atoms with Gasteiger partial charge in [0.1, 0.15) is 0 Å². The van der Waals surface area contributed by atoms with E-state index in [1.54, 1.807) is 12.1 Å². The number of amides is 1. The van der Waals surface area contributed by atoms with Crippen LogP contribution in [0.2, 0.25) is 0 Å². The molecule has 0 radical (unpaired) electrons. The highest BCUT2D eigenvalue weighted by Gasteiger charge is 2.41. The summed E-state index contributed by atoms with van der Waals surface area (Å²) in [5, 5.41) is 13.5. The molecule has 1 amide bonds. The van der Waals surface area contributed by atoms with Gasteiger partial charge in [-0.3, -0.25) is 4.79 Å². The molecule has 2 aromatic carbocycles. The Labute approximate surface area is 111 Å². The third-order valence-corrected chi connectivity index (χ3v) is 3.58. The maximum atomic E-state index is 12.2. The lowest BCUT2D eigenvalue weighted by Crippen LogP contribution is -2.45. The van der Waals surface area contributed by atoms with Gasteiger partial charge in [0.25, 0.3) is 5.91 Å². The van der Waals surface area contributed by atoms with Gasteiger partial charge in [0.05, 0.1) is 0 Å². The number of carbonyl (C=O) groups excluding carboxylic acids is 1. The Bertz CT molecular complexity index is 636. The molecule has 0 fully saturated rings. The second-order valence-corrected chi connectivity index (χ2v) is 5.02. The second-order valence-electron chi connectivity index (χ2n) is 5.02. The lowest BCUT2D eigenvalue weighted by atomic mass is 9.83. The first kappa shape index (κ1) is 11.9. The molecule has 0 saturated carbocycles. The Morgan fingerprint density at radius 2 is 1.89 bits per heavy atom. The average Bonchev–Trinajstić information content (AvgIpc) is 2.41. The van der Waals surface area contributed by atoms with E-state index in [2.05, 4.69) is 5.32 Å². The van der Waals surface area contributed by atoms with Crippen LogP contribution in [0.1, 0.15) is 16.7 Å². The number of benzene rings is 2. The summed E-state index contributed by atoms with van der Waals surface area (Å²) < 4.78 is 0. The number of anilines is 1. The Hall–Kier alpha value is -2.13. The van der Waals surface area contributed by atoms with Crippen molar-refractivity contribution in [3.63, 3.8) is 0 Å². The zero-order chi connectivity index (χ0) is 13.5. The van der Waals surface area contributed by atoms with E-state index in [4.69, 9.17) is 0 Å². The van der Waals surface area contributed by atoms with E-state index in [9.17, 15) is 9.90 Å². The first-order chi connectivity index (χ1) is 9.09. The molecule has 2 N–H and O–H groups in total. The number of rotatable bonds is 1. The number of fused-ring (bicyclic) bond motifs is 1. The standard InChI is InChI=1S/C16H15NO2/c1-11-7-8-14-12(9-11)10-16(19,15(18)17-14)13-5-3-2-4-6-13/h2-9,19H,10H2,1H3,(H,17,18)/t16-/m0/s1. The fourth-order valence-corrected chi connectivity index (χ4v) is 2.52. The van der Waals surface area contributed by atoms with E-state index >= 15 is 0 Å². The summed E-state index contributed by atoms with van der Waals surface area (Å²) in [5.74, 6) is -0.366. The topological polar surface area (TPSA) is 49.3 Å². The highest BCUT2D eigenvalue weighted by Crippen LogP contribution is 2.35. The lowest BCUT2D eigenvalue weighted by Gasteiger charge is -2.33. The van der Waals surface area contributed by atoms with Crippen molar-refractivity contribution < 1.29 is 9.90 Å². The van der Waals surface area contributed by atoms with Gasteiger partial charge < -0.3 is 10.4 Å². The highest BCUT2D eigenvalue weighted by molar-refractivity contribution is 6.00. The van der Waals surface area contributed by atoms with Crippen molar-refractivity contribution in [2.24, 2.45) is 0 Å². The molecule has 1 heterocycles. The van der Waals surface area contributed by atoms with Gasteiger partial charge in [-0.05, 0) is 24.1 Å². The number of hydrogen-bond donors (Lipinski definition) is 2. The van der Waals surface area contributed by atoms with Crippen molar-refractivity contribution in [3.8, 4) is 0 Å². The van der Waals surface area contributed by atoms with E-state index in [1.165, 1.54) is 0 Å². The number of carbonyl (C=O) groups is 1. The molecule has 1 aliphatic rings. The molecule has 0 bridgehead atoms. The third-order valence-electron chi connectivity index (χ3n) is 3.58. The number of nitrogens with one attached hydrogen (secondary N) is 1. The van der Waals surface area contributed by atoms with Crippen LogP contribution in [0.4, 0.5) is 5.69 Å². The predicted molar refractivity (Wildman–Crippen MR) is 73.9 cm³/mol. The summed E-state index contributed by atoms with van der Waals surface area (Å²) in [7, 11) is 0. The lowest BCUT2D eigenvalue weighted by molar-refractivity contribution is -0.135. The molecule has 0 unspecified atom stereocenters. The number of aryl methyl sites for hydroxylation is 1. The molecule has 19 heavy (non-hydrogen) atoms. The van der Waals surface area contributed by atoms with E-state index in [-0.39, 0.29) is 5.91 Å². The third kappa shape index (κ3) is 1.92. The Morgan fingerprint density at radius 1 is 1.16 bits per heavy atom. The minimum Gasteiger partial charge on any atom is -0.375 e. The van der Waals surface area contributed by atoms with Gasteiger partial charge in [-0.15, -0.1) is 0 Å². The Balaban J connectivity index is 2.08. The Kier molecular flexibility index (Phi) is 2.64. The summed E-state index contributed by atoms with van der Waals surface area (Å²) in [6, 6.07) is 14.9. The highest BCUT2D eigenvalue weighted by atomic mass is 16.3. The molecular weight excluding hydrogens is 238 g/mol. The van der Waals surface area contributed by atoms with Crippen molar-refractivity contribution in [1.29, 1.82) is 0 Å². The average molecular weight is 253 g/mol. The van der Waals surface area contributed by atoms with Crippen molar-refractivity contribution >= 4 is 11.6 Å². The molecule has 1 atom stereocenters. The molecule has 2 aromatic rings. The van der Waals surface area contributed by atoms with Crippen molar-refractivity contribution in [2.45, 2.75) is 18.9 Å². The van der Waals surface area contributed by atoms with Gasteiger partial charge in [0.15, 0.2) is 5.60 Å². The number of aliphatic hydroxyl groups is 1. The molecule has 96 valence electrons. The monoisotopic (exact) mass is 253 g/mol. The molecule has 3 rings (SSSR count). The van der Waals surface area contributed by atoms with Crippen molar-refractivity contribution in [1.82, 2.24) is 0 Å².